The number of hydrogen-bond donors (Lipinski definition) is 2. The van der Waals surface area contributed by atoms with Gasteiger partial charge in [-0.05, 0) is 80.8 Å². The summed E-state index contributed by atoms with van der Waals surface area (Å²) in [7, 11) is 0. The van der Waals surface area contributed by atoms with E-state index in [-0.39, 0.29) is 11.5 Å². The normalized spacial score (nSPS) is 33.5. The van der Waals surface area contributed by atoms with Gasteiger partial charge in [-0.2, -0.15) is 0 Å². The molecule has 2 bridgehead atoms. The average Bonchev–Trinajstić information content (AvgIpc) is 3.46. The van der Waals surface area contributed by atoms with Gasteiger partial charge < -0.3 is 15.1 Å². The van der Waals surface area contributed by atoms with E-state index in [1.165, 1.54) is 29.7 Å². The van der Waals surface area contributed by atoms with Crippen molar-refractivity contribution in [3.8, 4) is 5.75 Å². The lowest BCUT2D eigenvalue weighted by molar-refractivity contribution is -0.149. The molecule has 31 heavy (non-hydrogen) atoms. The lowest BCUT2D eigenvalue weighted by Gasteiger charge is -2.61. The van der Waals surface area contributed by atoms with E-state index in [9.17, 15) is 10.2 Å². The smallest absolute Gasteiger partial charge is 0.115 e. The lowest BCUT2D eigenvalue weighted by atomic mass is 9.52. The fourth-order valence-electron chi connectivity index (χ4n) is 6.77. The number of fused-ring (bicyclic) bond motifs is 1. The monoisotopic (exact) mass is 439 g/mol. The highest BCUT2D eigenvalue weighted by Crippen LogP contribution is 2.56. The highest BCUT2D eigenvalue weighted by molar-refractivity contribution is 7.07. The van der Waals surface area contributed by atoms with Gasteiger partial charge in [-0.1, -0.05) is 6.07 Å². The van der Waals surface area contributed by atoms with Crippen molar-refractivity contribution in [3.05, 3.63) is 45.9 Å². The average molecular weight is 440 g/mol. The highest BCUT2D eigenvalue weighted by Gasteiger charge is 2.63. The van der Waals surface area contributed by atoms with E-state index in [4.69, 9.17) is 0 Å². The van der Waals surface area contributed by atoms with E-state index in [1.807, 2.05) is 17.6 Å². The minimum atomic E-state index is -0.726. The zero-order valence-electron chi connectivity index (χ0n) is 18.2. The number of phenolic OH excluding ortho intramolecular Hbond substituents is 1. The number of aromatic nitrogens is 1. The van der Waals surface area contributed by atoms with Gasteiger partial charge in [0.1, 0.15) is 5.75 Å². The van der Waals surface area contributed by atoms with Crippen molar-refractivity contribution in [1.82, 2.24) is 14.8 Å². The van der Waals surface area contributed by atoms with Gasteiger partial charge in [-0.3, -0.25) is 4.90 Å². The third-order valence-corrected chi connectivity index (χ3v) is 9.33. The molecule has 1 saturated carbocycles. The van der Waals surface area contributed by atoms with E-state index in [2.05, 4.69) is 26.2 Å². The molecule has 3 heterocycles. The van der Waals surface area contributed by atoms with E-state index < -0.39 is 5.60 Å². The Morgan fingerprint density at radius 1 is 1.13 bits per heavy atom. The second-order valence-corrected chi connectivity index (χ2v) is 11.0. The molecule has 3 atom stereocenters. The number of piperidine rings is 1. The Morgan fingerprint density at radius 3 is 2.77 bits per heavy atom. The van der Waals surface area contributed by atoms with Crippen LogP contribution in [-0.2, 0) is 18.3 Å². The minimum absolute atomic E-state index is 0.192. The number of phenols is 1. The van der Waals surface area contributed by atoms with Gasteiger partial charge in [0, 0.05) is 42.9 Å². The summed E-state index contributed by atoms with van der Waals surface area (Å²) in [5.74, 6) is 1.16. The van der Waals surface area contributed by atoms with Crippen molar-refractivity contribution >= 4 is 11.3 Å². The van der Waals surface area contributed by atoms with Crippen LogP contribution in [0.1, 0.15) is 48.9 Å². The first-order valence-electron chi connectivity index (χ1n) is 12.0. The number of benzene rings is 1. The number of aromatic hydroxyl groups is 1. The van der Waals surface area contributed by atoms with Crippen LogP contribution in [0.3, 0.4) is 0 Å². The van der Waals surface area contributed by atoms with E-state index in [0.717, 1.165) is 70.7 Å². The molecular formula is C25H33N3O2S. The number of nitrogens with zero attached hydrogens (tertiary/aromatic N) is 3. The molecule has 6 heteroatoms. The number of likely N-dealkylation sites (tertiary alicyclic amines) is 2. The maximum absolute atomic E-state index is 12.5. The number of thiazole rings is 1. The first kappa shape index (κ1) is 20.2. The molecule has 5 nitrogen and oxygen atoms in total. The lowest BCUT2D eigenvalue weighted by Crippen LogP contribution is -2.71. The molecule has 3 fully saturated rings. The molecule has 1 aromatic heterocycles. The molecule has 2 aromatic rings. The van der Waals surface area contributed by atoms with Crippen LogP contribution in [0.4, 0.5) is 0 Å². The highest BCUT2D eigenvalue weighted by atomic mass is 32.1. The predicted octanol–water partition coefficient (Wildman–Crippen LogP) is 3.20. The maximum atomic E-state index is 12.5. The van der Waals surface area contributed by atoms with Crippen LogP contribution in [0.2, 0.25) is 0 Å². The Hall–Kier alpha value is -1.47. The summed E-state index contributed by atoms with van der Waals surface area (Å²) in [4.78, 5) is 9.61. The standard InChI is InChI=1S/C25H33N3O2S/c29-21-4-3-19-13-23-25(30)8-11-27(9-5-20-16-31-17-26-20)10-6-24(25,22(19)14-21)7-12-28(23)15-18-1-2-18/h3-4,14,16-18,23,29-30H,1-2,5-13,15H2/t23-,24+,25-/m1/s1. The SMILES string of the molecule is Oc1ccc2c(c1)[C@@]13CCN(CCc4cscn4)CC[C@@]1(O)[C@@H](C2)N(CC1CC1)CC3. The van der Waals surface area contributed by atoms with Crippen molar-refractivity contribution < 1.29 is 10.2 Å². The fourth-order valence-corrected chi connectivity index (χ4v) is 7.36. The molecule has 1 aromatic carbocycles. The third-order valence-electron chi connectivity index (χ3n) is 8.69. The number of hydrogen-bond acceptors (Lipinski definition) is 6. The first-order chi connectivity index (χ1) is 15.1. The number of aliphatic hydroxyl groups is 1. The van der Waals surface area contributed by atoms with Crippen LogP contribution in [0.15, 0.2) is 29.1 Å². The molecule has 2 N–H and O–H groups in total. The quantitative estimate of drug-likeness (QED) is 0.749. The molecule has 2 saturated heterocycles. The summed E-state index contributed by atoms with van der Waals surface area (Å²) in [6.07, 6.45) is 7.34. The second kappa shape index (κ2) is 7.55. The molecule has 6 rings (SSSR count). The molecule has 0 amide bonds. The van der Waals surface area contributed by atoms with E-state index >= 15 is 0 Å². The Balaban J connectivity index is 1.33. The Bertz CT molecular complexity index is 946. The maximum Gasteiger partial charge on any atom is 0.115 e. The Morgan fingerprint density at radius 2 is 1.97 bits per heavy atom. The van der Waals surface area contributed by atoms with Gasteiger partial charge in [-0.15, -0.1) is 11.3 Å². The number of rotatable bonds is 5. The van der Waals surface area contributed by atoms with Crippen LogP contribution >= 0.6 is 11.3 Å². The second-order valence-electron chi connectivity index (χ2n) is 10.3. The van der Waals surface area contributed by atoms with Gasteiger partial charge >= 0.3 is 0 Å². The zero-order valence-corrected chi connectivity index (χ0v) is 19.0. The van der Waals surface area contributed by atoms with Crippen molar-refractivity contribution in [2.45, 2.75) is 62.0 Å². The largest absolute Gasteiger partial charge is 0.508 e. The van der Waals surface area contributed by atoms with Crippen LogP contribution in [0, 0.1) is 5.92 Å². The molecule has 166 valence electrons. The van der Waals surface area contributed by atoms with Gasteiger partial charge in [0.2, 0.25) is 0 Å². The molecule has 2 aliphatic carbocycles. The summed E-state index contributed by atoms with van der Waals surface area (Å²) in [5.41, 5.74) is 4.67. The summed E-state index contributed by atoms with van der Waals surface area (Å²) in [5, 5.41) is 25.0. The molecule has 0 unspecified atom stereocenters. The summed E-state index contributed by atoms with van der Waals surface area (Å²) in [6.45, 7) is 5.14. The van der Waals surface area contributed by atoms with Gasteiger partial charge in [0.15, 0.2) is 0 Å². The summed E-state index contributed by atoms with van der Waals surface area (Å²) in [6, 6.07) is 6.11. The molecule has 0 radical (unpaired) electrons. The van der Waals surface area contributed by atoms with E-state index in [0.29, 0.717) is 5.75 Å². The Labute approximate surface area is 188 Å². The van der Waals surface area contributed by atoms with Crippen LogP contribution in [0.25, 0.3) is 0 Å². The molecule has 0 spiro atoms. The molecule has 4 aliphatic rings. The topological polar surface area (TPSA) is 59.8 Å². The van der Waals surface area contributed by atoms with Crippen molar-refractivity contribution in [2.75, 3.05) is 32.7 Å². The Kier molecular flexibility index (Phi) is 4.91. The zero-order chi connectivity index (χ0) is 21.1. The fraction of sp³-hybridized carbons (Fsp3) is 0.640. The molecule has 2 aliphatic heterocycles. The predicted molar refractivity (Wildman–Crippen MR) is 123 cm³/mol. The van der Waals surface area contributed by atoms with Crippen molar-refractivity contribution in [2.24, 2.45) is 5.92 Å². The van der Waals surface area contributed by atoms with Gasteiger partial charge in [0.25, 0.3) is 0 Å². The van der Waals surface area contributed by atoms with Crippen molar-refractivity contribution in [3.63, 3.8) is 0 Å². The summed E-state index contributed by atoms with van der Waals surface area (Å²) >= 11 is 1.66. The third kappa shape index (κ3) is 3.34. The minimum Gasteiger partial charge on any atom is -0.508 e. The molecular weight excluding hydrogens is 406 g/mol. The van der Waals surface area contributed by atoms with Crippen LogP contribution in [-0.4, -0.2) is 69.4 Å². The van der Waals surface area contributed by atoms with Crippen molar-refractivity contribution in [1.29, 1.82) is 0 Å². The first-order valence-corrected chi connectivity index (χ1v) is 12.9. The summed E-state index contributed by atoms with van der Waals surface area (Å²) < 4.78 is 0. The van der Waals surface area contributed by atoms with Crippen LogP contribution < -0.4 is 0 Å². The van der Waals surface area contributed by atoms with Gasteiger partial charge in [-0.25, -0.2) is 4.98 Å². The van der Waals surface area contributed by atoms with Gasteiger partial charge in [0.05, 0.1) is 16.8 Å². The van der Waals surface area contributed by atoms with Crippen LogP contribution in [0.5, 0.6) is 5.75 Å². The van der Waals surface area contributed by atoms with E-state index in [1.54, 1.807) is 11.3 Å².